The summed E-state index contributed by atoms with van der Waals surface area (Å²) >= 11 is 0. The molecule has 0 aromatic carbocycles. The molecule has 0 aromatic rings. The van der Waals surface area contributed by atoms with Gasteiger partial charge in [-0.05, 0) is 19.6 Å². The highest BCUT2D eigenvalue weighted by Gasteiger charge is 2.18. The highest BCUT2D eigenvalue weighted by atomic mass is 28.3. The predicted molar refractivity (Wildman–Crippen MR) is 40.7 cm³/mol. The van der Waals surface area contributed by atoms with Crippen molar-refractivity contribution in [2.45, 2.75) is 19.6 Å². The lowest BCUT2D eigenvalue weighted by molar-refractivity contribution is 1.01. The van der Waals surface area contributed by atoms with E-state index in [-0.39, 0.29) is 0 Å². The van der Waals surface area contributed by atoms with Crippen molar-refractivity contribution in [2.24, 2.45) is 4.78 Å². The maximum atomic E-state index is 6.75. The van der Waals surface area contributed by atoms with Gasteiger partial charge in [0.1, 0.15) is 5.53 Å². The van der Waals surface area contributed by atoms with E-state index in [1.165, 1.54) is 4.91 Å². The number of nitrogens with zero attached hydrogens (tertiary/aromatic N) is 5. The van der Waals surface area contributed by atoms with Gasteiger partial charge < -0.3 is 11.1 Å². The van der Waals surface area contributed by atoms with Crippen LogP contribution in [0.15, 0.2) is 4.78 Å². The Morgan fingerprint density at radius 1 is 1.30 bits per heavy atom. The number of rotatable bonds is 1. The Morgan fingerprint density at radius 3 is 1.60 bits per heavy atom. The Labute approximate surface area is 60.0 Å². The molecule has 0 bridgehead atoms. The Hall–Kier alpha value is -1.16. The molecule has 0 saturated heterocycles. The third kappa shape index (κ3) is 28.9. The van der Waals surface area contributed by atoms with Gasteiger partial charge in [-0.1, -0.05) is 0 Å². The van der Waals surface area contributed by atoms with E-state index < -0.39 is 8.24 Å². The molecule has 0 rings (SSSR count). The van der Waals surface area contributed by atoms with Crippen LogP contribution >= 0.6 is 0 Å². The topological polar surface area (TPSA) is 109 Å². The fourth-order valence-corrected chi connectivity index (χ4v) is 0.450. The highest BCUT2D eigenvalue weighted by molar-refractivity contribution is 6.74. The lowest BCUT2D eigenvalue weighted by Gasteiger charge is -1.91. The average Bonchev–Trinajstić information content (AvgIpc) is 1.63. The molecule has 0 saturated carbocycles. The van der Waals surface area contributed by atoms with Crippen molar-refractivity contribution in [3.05, 3.63) is 16.0 Å². The van der Waals surface area contributed by atoms with Gasteiger partial charge in [-0.2, -0.15) is 0 Å². The first-order valence-corrected chi connectivity index (χ1v) is 5.99. The third-order valence-corrected chi connectivity index (χ3v) is 1.05. The van der Waals surface area contributed by atoms with E-state index in [4.69, 9.17) is 16.6 Å². The summed E-state index contributed by atoms with van der Waals surface area (Å²) in [6.45, 7) is 6.10. The van der Waals surface area contributed by atoms with Crippen molar-refractivity contribution in [1.82, 2.24) is 4.91 Å². The van der Waals surface area contributed by atoms with E-state index >= 15 is 0 Å². The van der Waals surface area contributed by atoms with Crippen molar-refractivity contribution >= 4 is 8.24 Å². The first kappa shape index (κ1) is 11.6. The monoisotopic (exact) mass is 158 g/mol. The second-order valence-corrected chi connectivity index (χ2v) is 7.00. The van der Waals surface area contributed by atoms with Gasteiger partial charge in [0.05, 0.1) is 4.78 Å². The van der Waals surface area contributed by atoms with Crippen LogP contribution in [0.4, 0.5) is 0 Å². The summed E-state index contributed by atoms with van der Waals surface area (Å²) < 4.78 is 3.69. The van der Waals surface area contributed by atoms with Crippen LogP contribution < -0.4 is 4.91 Å². The zero-order valence-electron chi connectivity index (χ0n) is 6.24. The second kappa shape index (κ2) is 5.96. The van der Waals surface area contributed by atoms with Crippen molar-refractivity contribution in [3.63, 3.8) is 0 Å². The summed E-state index contributed by atoms with van der Waals surface area (Å²) in [5.41, 5.74) is 19.9. The lowest BCUT2D eigenvalue weighted by Crippen LogP contribution is -2.15. The average molecular weight is 158 g/mol. The molecular formula is C3H10N6Si. The van der Waals surface area contributed by atoms with Gasteiger partial charge in [0.2, 0.25) is 4.91 Å². The summed E-state index contributed by atoms with van der Waals surface area (Å²) in [4.78, 5) is 4.44. The minimum Gasteiger partial charge on any atom is -0.373 e. The summed E-state index contributed by atoms with van der Waals surface area (Å²) in [5.74, 6) is 0. The molecule has 7 heteroatoms. The Balaban J connectivity index is 0. The van der Waals surface area contributed by atoms with Gasteiger partial charge in [0, 0.05) is 0 Å². The molecule has 0 fully saturated rings. The smallest absolute Gasteiger partial charge is 0.285 e. The standard InChI is InChI=1S/C3H10N3Si.N3/c1-7(2,3)6-5-4;1-3-2/h4H,1-3H3;/q+1;-1. The first-order chi connectivity index (χ1) is 4.47. The van der Waals surface area contributed by atoms with Crippen LogP contribution in [0.5, 0.6) is 0 Å². The van der Waals surface area contributed by atoms with E-state index in [1.807, 2.05) is 19.6 Å². The largest absolute Gasteiger partial charge is 0.373 e. The number of hydrogen-bond acceptors (Lipinski definition) is 2. The molecule has 1 N–H and O–H groups in total. The Kier molecular flexibility index (Phi) is 6.93. The van der Waals surface area contributed by atoms with Gasteiger partial charge in [0.15, 0.2) is 0 Å². The van der Waals surface area contributed by atoms with Gasteiger partial charge in [-0.15, -0.1) is 0 Å². The summed E-state index contributed by atoms with van der Waals surface area (Å²) in [7, 11) is -1.39. The molecule has 0 aliphatic rings. The van der Waals surface area contributed by atoms with E-state index in [9.17, 15) is 0 Å². The lowest BCUT2D eigenvalue weighted by atomic mass is 11.8. The molecule has 0 radical (unpaired) electrons. The third-order valence-electron chi connectivity index (χ3n) is 0.350. The quantitative estimate of drug-likeness (QED) is 0.261. The minimum atomic E-state index is -1.39. The van der Waals surface area contributed by atoms with Crippen LogP contribution in [-0.2, 0) is 0 Å². The zero-order chi connectivity index (χ0) is 8.62. The van der Waals surface area contributed by atoms with Crippen molar-refractivity contribution in [3.8, 4) is 0 Å². The van der Waals surface area contributed by atoms with Gasteiger partial charge in [0.25, 0.3) is 8.24 Å². The molecule has 0 atom stereocenters. The molecule has 0 unspecified atom stereocenters. The fourth-order valence-electron chi connectivity index (χ4n) is 0.150. The van der Waals surface area contributed by atoms with Crippen LogP contribution in [0.25, 0.3) is 16.0 Å². The molecule has 0 aromatic heterocycles. The fraction of sp³-hybridized carbons (Fsp3) is 1.00. The molecule has 10 heavy (non-hydrogen) atoms. The van der Waals surface area contributed by atoms with Crippen LogP contribution in [0.1, 0.15) is 0 Å². The molecule has 0 aliphatic heterocycles. The maximum absolute atomic E-state index is 6.75. The SMILES string of the molecule is C[Si](C)(C)N=[N+]=N.[N-]=[N+]=[N-]. The molecule has 0 aliphatic carbocycles. The summed E-state index contributed by atoms with van der Waals surface area (Å²) in [6.07, 6.45) is 0. The van der Waals surface area contributed by atoms with Gasteiger partial charge in [-0.3, -0.25) is 4.91 Å². The molecule has 0 heterocycles. The maximum Gasteiger partial charge on any atom is 0.285 e. The van der Waals surface area contributed by atoms with E-state index in [1.54, 1.807) is 0 Å². The van der Waals surface area contributed by atoms with E-state index in [2.05, 4.69) is 9.69 Å². The van der Waals surface area contributed by atoms with Crippen LogP contribution in [0, 0.1) is 5.53 Å². The summed E-state index contributed by atoms with van der Waals surface area (Å²) in [5, 5.41) is 0. The molecule has 0 spiro atoms. The molecular weight excluding hydrogens is 148 g/mol. The van der Waals surface area contributed by atoms with Crippen molar-refractivity contribution in [1.29, 1.82) is 5.53 Å². The van der Waals surface area contributed by atoms with Crippen LogP contribution in [-0.4, -0.2) is 8.24 Å². The number of hydrogen-bond donors (Lipinski definition) is 1. The first-order valence-electron chi connectivity index (χ1n) is 2.55. The van der Waals surface area contributed by atoms with Crippen LogP contribution in [0.3, 0.4) is 0 Å². The van der Waals surface area contributed by atoms with Gasteiger partial charge in [-0.25, -0.2) is 0 Å². The van der Waals surface area contributed by atoms with Crippen molar-refractivity contribution < 1.29 is 0 Å². The van der Waals surface area contributed by atoms with E-state index in [0.29, 0.717) is 0 Å². The van der Waals surface area contributed by atoms with Crippen molar-refractivity contribution in [2.75, 3.05) is 0 Å². The minimum absolute atomic E-state index is 1.39. The molecule has 56 valence electrons. The highest BCUT2D eigenvalue weighted by Crippen LogP contribution is 1.97. The molecule has 0 amide bonds. The van der Waals surface area contributed by atoms with Gasteiger partial charge >= 0.3 is 0 Å². The second-order valence-electron chi connectivity index (χ2n) is 2.46. The Morgan fingerprint density at radius 2 is 1.60 bits per heavy atom. The number of nitrogens with one attached hydrogen (secondary N) is 1. The zero-order valence-corrected chi connectivity index (χ0v) is 7.24. The normalized spacial score (nSPS) is 7.90. The Bertz CT molecular complexity index is 156. The summed E-state index contributed by atoms with van der Waals surface area (Å²) in [6, 6.07) is 0. The van der Waals surface area contributed by atoms with E-state index in [0.717, 1.165) is 0 Å². The predicted octanol–water partition coefficient (Wildman–Crippen LogP) is 2.24. The molecule has 6 nitrogen and oxygen atoms in total. The van der Waals surface area contributed by atoms with Crippen LogP contribution in [0.2, 0.25) is 19.6 Å².